The van der Waals surface area contributed by atoms with Crippen molar-refractivity contribution >= 4 is 10.8 Å². The molecule has 0 amide bonds. The van der Waals surface area contributed by atoms with E-state index in [2.05, 4.69) is 6.92 Å². The maximum atomic E-state index is 12.7. The van der Waals surface area contributed by atoms with Crippen LogP contribution in [0.5, 0.6) is 5.75 Å². The molecule has 0 saturated heterocycles. The molecular formula is C19H24F3NO. The molecular weight excluding hydrogens is 315 g/mol. The van der Waals surface area contributed by atoms with E-state index in [1.54, 1.807) is 18.2 Å². The van der Waals surface area contributed by atoms with E-state index in [-0.39, 0.29) is 5.56 Å². The predicted molar refractivity (Wildman–Crippen MR) is 91.2 cm³/mol. The summed E-state index contributed by atoms with van der Waals surface area (Å²) in [5.74, 6) is 0.742. The minimum Gasteiger partial charge on any atom is -0.494 e. The van der Waals surface area contributed by atoms with E-state index < -0.39 is 12.2 Å². The Bertz CT molecular complexity index is 655. The molecule has 0 aliphatic carbocycles. The molecule has 2 aromatic carbocycles. The number of rotatable bonds is 8. The molecule has 0 saturated carbocycles. The summed E-state index contributed by atoms with van der Waals surface area (Å²) in [6, 6.07) is 8.03. The Morgan fingerprint density at radius 3 is 2.33 bits per heavy atom. The highest BCUT2D eigenvalue weighted by molar-refractivity contribution is 5.84. The quantitative estimate of drug-likeness (QED) is 0.621. The second kappa shape index (κ2) is 8.38. The summed E-state index contributed by atoms with van der Waals surface area (Å²) < 4.78 is 43.8. The minimum atomic E-state index is -4.44. The van der Waals surface area contributed by atoms with Crippen LogP contribution in [-0.4, -0.2) is 12.8 Å². The van der Waals surface area contributed by atoms with Gasteiger partial charge >= 0.3 is 6.18 Å². The van der Waals surface area contributed by atoms with Crippen molar-refractivity contribution in [3.8, 4) is 5.75 Å². The molecule has 132 valence electrons. The lowest BCUT2D eigenvalue weighted by molar-refractivity contribution is -0.149. The Labute approximate surface area is 140 Å². The second-order valence-corrected chi connectivity index (χ2v) is 6.05. The molecule has 0 bridgehead atoms. The van der Waals surface area contributed by atoms with Crippen LogP contribution in [0, 0.1) is 0 Å². The van der Waals surface area contributed by atoms with Crippen molar-refractivity contribution < 1.29 is 17.9 Å². The molecule has 0 spiro atoms. The van der Waals surface area contributed by atoms with E-state index in [4.69, 9.17) is 10.5 Å². The van der Waals surface area contributed by atoms with Crippen LogP contribution in [-0.2, 0) is 0 Å². The number of ether oxygens (including phenoxy) is 1. The highest BCUT2D eigenvalue weighted by Gasteiger charge is 2.37. The van der Waals surface area contributed by atoms with Gasteiger partial charge in [0.2, 0.25) is 0 Å². The first kappa shape index (κ1) is 18.6. The number of unbranched alkanes of at least 4 members (excludes halogenated alkanes) is 4. The molecule has 0 radical (unpaired) electrons. The number of fused-ring (bicyclic) bond motifs is 1. The first-order valence-electron chi connectivity index (χ1n) is 8.40. The fourth-order valence-corrected chi connectivity index (χ4v) is 2.61. The van der Waals surface area contributed by atoms with Crippen molar-refractivity contribution in [1.82, 2.24) is 0 Å². The van der Waals surface area contributed by atoms with Crippen LogP contribution in [0.3, 0.4) is 0 Å². The molecule has 0 heterocycles. The fraction of sp³-hybridized carbons (Fsp3) is 0.474. The molecule has 0 unspecified atom stereocenters. The van der Waals surface area contributed by atoms with E-state index in [1.807, 2.05) is 6.07 Å². The van der Waals surface area contributed by atoms with Crippen molar-refractivity contribution in [2.45, 2.75) is 51.2 Å². The molecule has 1 atom stereocenters. The Morgan fingerprint density at radius 1 is 0.958 bits per heavy atom. The smallest absolute Gasteiger partial charge is 0.407 e. The van der Waals surface area contributed by atoms with Gasteiger partial charge in [-0.25, -0.2) is 0 Å². The van der Waals surface area contributed by atoms with Gasteiger partial charge in [0.1, 0.15) is 11.8 Å². The van der Waals surface area contributed by atoms with E-state index in [1.165, 1.54) is 31.4 Å². The van der Waals surface area contributed by atoms with E-state index in [9.17, 15) is 13.2 Å². The van der Waals surface area contributed by atoms with Crippen LogP contribution in [0.2, 0.25) is 0 Å². The summed E-state index contributed by atoms with van der Waals surface area (Å²) >= 11 is 0. The molecule has 0 aliphatic rings. The van der Waals surface area contributed by atoms with E-state index in [0.717, 1.165) is 29.4 Å². The van der Waals surface area contributed by atoms with Crippen molar-refractivity contribution in [2.24, 2.45) is 5.73 Å². The zero-order valence-electron chi connectivity index (χ0n) is 13.9. The zero-order chi connectivity index (χ0) is 17.6. The minimum absolute atomic E-state index is 0.0691. The second-order valence-electron chi connectivity index (χ2n) is 6.05. The Hall–Kier alpha value is -1.75. The summed E-state index contributed by atoms with van der Waals surface area (Å²) in [7, 11) is 0. The molecule has 0 fully saturated rings. The molecule has 0 aromatic heterocycles. The van der Waals surface area contributed by atoms with Crippen LogP contribution in [0.1, 0.15) is 50.6 Å². The van der Waals surface area contributed by atoms with Gasteiger partial charge in [0, 0.05) is 0 Å². The third-order valence-corrected chi connectivity index (χ3v) is 4.06. The predicted octanol–water partition coefficient (Wildman–Crippen LogP) is 5.75. The highest BCUT2D eigenvalue weighted by Crippen LogP contribution is 2.32. The monoisotopic (exact) mass is 339 g/mol. The van der Waals surface area contributed by atoms with Crippen LogP contribution in [0.4, 0.5) is 13.2 Å². The van der Waals surface area contributed by atoms with Gasteiger partial charge in [-0.15, -0.1) is 0 Å². The molecule has 2 rings (SSSR count). The molecule has 2 aromatic rings. The van der Waals surface area contributed by atoms with Crippen molar-refractivity contribution in [3.05, 3.63) is 42.0 Å². The molecule has 0 aliphatic heterocycles. The number of nitrogens with two attached hydrogens (primary N) is 1. The van der Waals surface area contributed by atoms with Gasteiger partial charge in [0.15, 0.2) is 0 Å². The lowest BCUT2D eigenvalue weighted by atomic mass is 10.0. The summed E-state index contributed by atoms with van der Waals surface area (Å²) in [4.78, 5) is 0. The van der Waals surface area contributed by atoms with E-state index in [0.29, 0.717) is 6.61 Å². The van der Waals surface area contributed by atoms with Gasteiger partial charge in [-0.1, -0.05) is 50.8 Å². The summed E-state index contributed by atoms with van der Waals surface area (Å²) in [5, 5.41) is 1.57. The van der Waals surface area contributed by atoms with Crippen LogP contribution >= 0.6 is 0 Å². The molecule has 2 nitrogen and oxygen atoms in total. The third kappa shape index (κ3) is 5.13. The zero-order valence-corrected chi connectivity index (χ0v) is 13.9. The molecule has 2 N–H and O–H groups in total. The maximum Gasteiger partial charge on any atom is 0.407 e. The summed E-state index contributed by atoms with van der Waals surface area (Å²) in [5.41, 5.74) is 5.33. The Balaban J connectivity index is 1.99. The van der Waals surface area contributed by atoms with Gasteiger partial charge in [-0.3, -0.25) is 0 Å². The number of hydrogen-bond acceptors (Lipinski definition) is 2. The fourth-order valence-electron chi connectivity index (χ4n) is 2.61. The average Bonchev–Trinajstić information content (AvgIpc) is 2.56. The van der Waals surface area contributed by atoms with Gasteiger partial charge in [-0.2, -0.15) is 13.2 Å². The third-order valence-electron chi connectivity index (χ3n) is 4.06. The summed E-state index contributed by atoms with van der Waals surface area (Å²) in [6.45, 7) is 2.84. The highest BCUT2D eigenvalue weighted by atomic mass is 19.4. The number of benzene rings is 2. The van der Waals surface area contributed by atoms with Gasteiger partial charge in [0.25, 0.3) is 0 Å². The van der Waals surface area contributed by atoms with Crippen molar-refractivity contribution in [2.75, 3.05) is 6.61 Å². The largest absolute Gasteiger partial charge is 0.494 e. The van der Waals surface area contributed by atoms with Gasteiger partial charge in [-0.05, 0) is 41.0 Å². The first-order chi connectivity index (χ1) is 11.4. The van der Waals surface area contributed by atoms with Crippen molar-refractivity contribution in [3.63, 3.8) is 0 Å². The number of hydrogen-bond donors (Lipinski definition) is 1. The average molecular weight is 339 g/mol. The number of alkyl halides is 3. The summed E-state index contributed by atoms with van der Waals surface area (Å²) in [6.07, 6.45) is 1.41. The number of halogens is 3. The topological polar surface area (TPSA) is 35.2 Å². The van der Waals surface area contributed by atoms with Crippen molar-refractivity contribution in [1.29, 1.82) is 0 Å². The van der Waals surface area contributed by atoms with E-state index >= 15 is 0 Å². The van der Waals surface area contributed by atoms with Crippen LogP contribution in [0.25, 0.3) is 10.8 Å². The maximum absolute atomic E-state index is 12.7. The van der Waals surface area contributed by atoms with Crippen LogP contribution in [0.15, 0.2) is 36.4 Å². The Morgan fingerprint density at radius 2 is 1.62 bits per heavy atom. The Kier molecular flexibility index (Phi) is 6.49. The standard InChI is InChI=1S/C19H24F3NO/c1-2-3-4-5-6-11-24-17-10-9-14-12-16(8-7-15(14)13-17)18(23)19(20,21)22/h7-10,12-13,18H,2-6,11,23H2,1H3/t18-/m0/s1. The normalized spacial score (nSPS) is 13.2. The lowest BCUT2D eigenvalue weighted by Gasteiger charge is -2.16. The molecule has 5 heteroatoms. The van der Waals surface area contributed by atoms with Gasteiger partial charge < -0.3 is 10.5 Å². The first-order valence-corrected chi connectivity index (χ1v) is 8.40. The lowest BCUT2D eigenvalue weighted by Crippen LogP contribution is -2.28. The van der Waals surface area contributed by atoms with Gasteiger partial charge in [0.05, 0.1) is 6.61 Å². The van der Waals surface area contributed by atoms with Crippen LogP contribution < -0.4 is 10.5 Å². The SMILES string of the molecule is CCCCCCCOc1ccc2cc([C@H](N)C(F)(F)F)ccc2c1. The molecule has 24 heavy (non-hydrogen) atoms.